The average molecular weight is 287 g/mol. The molecule has 1 amide bonds. The van der Waals surface area contributed by atoms with Gasteiger partial charge in [-0.1, -0.05) is 22.0 Å². The summed E-state index contributed by atoms with van der Waals surface area (Å²) in [5.41, 5.74) is 7.11. The van der Waals surface area contributed by atoms with Crippen LogP contribution in [-0.4, -0.2) is 25.7 Å². The summed E-state index contributed by atoms with van der Waals surface area (Å²) in [6.45, 7) is 2.83. The lowest BCUT2D eigenvalue weighted by Crippen LogP contribution is -2.20. The maximum atomic E-state index is 11.4. The van der Waals surface area contributed by atoms with Gasteiger partial charge in [-0.3, -0.25) is 4.79 Å². The summed E-state index contributed by atoms with van der Waals surface area (Å²) in [6.07, 6.45) is 0. The summed E-state index contributed by atoms with van der Waals surface area (Å²) in [5, 5.41) is 2.73. The molecular weight excluding hydrogens is 272 g/mol. The molecule has 16 heavy (non-hydrogen) atoms. The van der Waals surface area contributed by atoms with Gasteiger partial charge in [0.05, 0.1) is 6.61 Å². The number of ether oxygens (including phenoxy) is 1. The summed E-state index contributed by atoms with van der Waals surface area (Å²) in [7, 11) is 0. The van der Waals surface area contributed by atoms with E-state index in [9.17, 15) is 4.79 Å². The molecule has 0 saturated heterocycles. The van der Waals surface area contributed by atoms with Crippen LogP contribution in [-0.2, 0) is 9.53 Å². The maximum absolute atomic E-state index is 11.4. The van der Waals surface area contributed by atoms with Crippen LogP contribution >= 0.6 is 15.9 Å². The van der Waals surface area contributed by atoms with Crippen molar-refractivity contribution in [1.82, 2.24) is 0 Å². The third-order valence-electron chi connectivity index (χ3n) is 1.95. The largest absolute Gasteiger partial charge is 0.370 e. The maximum Gasteiger partial charge on any atom is 0.250 e. The molecule has 5 heteroatoms. The lowest BCUT2D eigenvalue weighted by Gasteiger charge is -2.07. The molecule has 1 rings (SSSR count). The van der Waals surface area contributed by atoms with E-state index in [2.05, 4.69) is 21.2 Å². The molecule has 0 aliphatic heterocycles. The lowest BCUT2D eigenvalue weighted by molar-refractivity contribution is -0.120. The van der Waals surface area contributed by atoms with Gasteiger partial charge < -0.3 is 15.8 Å². The predicted octanol–water partition coefficient (Wildman–Crippen LogP) is 1.67. The number of anilines is 1. The Morgan fingerprint density at radius 2 is 2.31 bits per heavy atom. The van der Waals surface area contributed by atoms with E-state index in [4.69, 9.17) is 10.5 Å². The smallest absolute Gasteiger partial charge is 0.250 e. The van der Waals surface area contributed by atoms with Crippen molar-refractivity contribution in [1.29, 1.82) is 0 Å². The van der Waals surface area contributed by atoms with Gasteiger partial charge in [0, 0.05) is 16.7 Å². The molecular formula is C11H15BrN2O2. The molecule has 0 unspecified atom stereocenters. The molecule has 88 valence electrons. The summed E-state index contributed by atoms with van der Waals surface area (Å²) < 4.78 is 5.99. The van der Waals surface area contributed by atoms with E-state index < -0.39 is 0 Å². The second kappa shape index (κ2) is 6.62. The fourth-order valence-electron chi connectivity index (χ4n) is 1.12. The number of hydrogen-bond donors (Lipinski definition) is 2. The van der Waals surface area contributed by atoms with Crippen LogP contribution in [0.4, 0.5) is 5.69 Å². The van der Waals surface area contributed by atoms with Gasteiger partial charge in [-0.05, 0) is 24.6 Å². The quantitative estimate of drug-likeness (QED) is 0.810. The first-order chi connectivity index (χ1) is 7.63. The summed E-state index contributed by atoms with van der Waals surface area (Å²) in [6, 6.07) is 5.64. The van der Waals surface area contributed by atoms with Crippen LogP contribution in [0.25, 0.3) is 0 Å². The van der Waals surface area contributed by atoms with Crippen molar-refractivity contribution in [2.24, 2.45) is 5.73 Å². The summed E-state index contributed by atoms with van der Waals surface area (Å²) in [5.74, 6) is -0.177. The van der Waals surface area contributed by atoms with Crippen molar-refractivity contribution in [2.45, 2.75) is 6.92 Å². The van der Waals surface area contributed by atoms with Gasteiger partial charge in [0.1, 0.15) is 6.61 Å². The monoisotopic (exact) mass is 286 g/mol. The Balaban J connectivity index is 2.46. The Morgan fingerprint density at radius 3 is 2.94 bits per heavy atom. The minimum atomic E-state index is -0.177. The minimum Gasteiger partial charge on any atom is -0.370 e. The van der Waals surface area contributed by atoms with Crippen molar-refractivity contribution in [3.8, 4) is 0 Å². The number of aryl methyl sites for hydroxylation is 1. The number of hydrogen-bond acceptors (Lipinski definition) is 3. The standard InChI is InChI=1S/C11H15BrN2O2/c1-8-2-3-9(6-10(8)12)14-11(15)7-16-5-4-13/h2-3,6H,4-5,7,13H2,1H3,(H,14,15). The van der Waals surface area contributed by atoms with Gasteiger partial charge in [-0.2, -0.15) is 0 Å². The van der Waals surface area contributed by atoms with Gasteiger partial charge in [-0.25, -0.2) is 0 Å². The zero-order valence-electron chi connectivity index (χ0n) is 9.13. The van der Waals surface area contributed by atoms with Crippen molar-refractivity contribution in [2.75, 3.05) is 25.1 Å². The number of nitrogens with two attached hydrogens (primary N) is 1. The molecule has 0 aromatic heterocycles. The third kappa shape index (κ3) is 4.30. The zero-order valence-corrected chi connectivity index (χ0v) is 10.7. The van der Waals surface area contributed by atoms with Gasteiger partial charge in [0.2, 0.25) is 5.91 Å². The highest BCUT2D eigenvalue weighted by molar-refractivity contribution is 9.10. The van der Waals surface area contributed by atoms with Crippen molar-refractivity contribution < 1.29 is 9.53 Å². The molecule has 4 nitrogen and oxygen atoms in total. The minimum absolute atomic E-state index is 0.0305. The van der Waals surface area contributed by atoms with Crippen LogP contribution in [0.2, 0.25) is 0 Å². The number of amides is 1. The molecule has 0 spiro atoms. The van der Waals surface area contributed by atoms with Gasteiger partial charge in [0.15, 0.2) is 0 Å². The Morgan fingerprint density at radius 1 is 1.56 bits per heavy atom. The lowest BCUT2D eigenvalue weighted by atomic mass is 10.2. The number of halogens is 1. The number of nitrogens with one attached hydrogen (secondary N) is 1. The molecule has 0 saturated carbocycles. The number of benzene rings is 1. The SMILES string of the molecule is Cc1ccc(NC(=O)COCCN)cc1Br. The van der Waals surface area contributed by atoms with Crippen LogP contribution in [0.5, 0.6) is 0 Å². The predicted molar refractivity (Wildman–Crippen MR) is 67.4 cm³/mol. The third-order valence-corrected chi connectivity index (χ3v) is 2.81. The zero-order chi connectivity index (χ0) is 12.0. The van der Waals surface area contributed by atoms with E-state index >= 15 is 0 Å². The average Bonchev–Trinajstić information content (AvgIpc) is 2.24. The van der Waals surface area contributed by atoms with Gasteiger partial charge >= 0.3 is 0 Å². The highest BCUT2D eigenvalue weighted by Crippen LogP contribution is 2.20. The molecule has 1 aromatic rings. The number of carbonyl (C=O) groups excluding carboxylic acids is 1. The second-order valence-electron chi connectivity index (χ2n) is 3.35. The first kappa shape index (κ1) is 13.2. The van der Waals surface area contributed by atoms with Crippen molar-refractivity contribution in [3.05, 3.63) is 28.2 Å². The molecule has 0 bridgehead atoms. The second-order valence-corrected chi connectivity index (χ2v) is 4.21. The Labute approximate surface area is 103 Å². The normalized spacial score (nSPS) is 10.2. The van der Waals surface area contributed by atoms with Gasteiger partial charge in [0.25, 0.3) is 0 Å². The van der Waals surface area contributed by atoms with E-state index in [0.717, 1.165) is 15.7 Å². The van der Waals surface area contributed by atoms with Crippen LogP contribution in [0.3, 0.4) is 0 Å². The first-order valence-electron chi connectivity index (χ1n) is 4.97. The molecule has 0 atom stereocenters. The highest BCUT2D eigenvalue weighted by atomic mass is 79.9. The van der Waals surface area contributed by atoms with Crippen LogP contribution < -0.4 is 11.1 Å². The van der Waals surface area contributed by atoms with E-state index in [0.29, 0.717) is 13.2 Å². The molecule has 0 fully saturated rings. The Bertz CT molecular complexity index is 369. The Kier molecular flexibility index (Phi) is 5.45. The van der Waals surface area contributed by atoms with Crippen LogP contribution in [0, 0.1) is 6.92 Å². The topological polar surface area (TPSA) is 64.3 Å². The molecule has 0 heterocycles. The number of rotatable bonds is 5. The van der Waals surface area contributed by atoms with Crippen molar-refractivity contribution in [3.63, 3.8) is 0 Å². The number of carbonyl (C=O) groups is 1. The van der Waals surface area contributed by atoms with Gasteiger partial charge in [-0.15, -0.1) is 0 Å². The summed E-state index contributed by atoms with van der Waals surface area (Å²) >= 11 is 3.40. The molecule has 0 radical (unpaired) electrons. The van der Waals surface area contributed by atoms with E-state index in [1.807, 2.05) is 25.1 Å². The molecule has 1 aromatic carbocycles. The molecule has 0 aliphatic rings. The van der Waals surface area contributed by atoms with Crippen LogP contribution in [0.1, 0.15) is 5.56 Å². The summed E-state index contributed by atoms with van der Waals surface area (Å²) in [4.78, 5) is 11.4. The fraction of sp³-hybridized carbons (Fsp3) is 0.364. The molecule has 0 aliphatic carbocycles. The van der Waals surface area contributed by atoms with Crippen molar-refractivity contribution >= 4 is 27.5 Å². The van der Waals surface area contributed by atoms with E-state index in [-0.39, 0.29) is 12.5 Å². The van der Waals surface area contributed by atoms with E-state index in [1.54, 1.807) is 0 Å². The van der Waals surface area contributed by atoms with Crippen LogP contribution in [0.15, 0.2) is 22.7 Å². The highest BCUT2D eigenvalue weighted by Gasteiger charge is 2.03. The molecule has 3 N–H and O–H groups in total. The fourth-order valence-corrected chi connectivity index (χ4v) is 1.49. The van der Waals surface area contributed by atoms with E-state index in [1.165, 1.54) is 0 Å². The first-order valence-corrected chi connectivity index (χ1v) is 5.76. The Hall–Kier alpha value is -0.910.